The molecule has 114 valence electrons. The normalized spacial score (nSPS) is 9.82. The summed E-state index contributed by atoms with van der Waals surface area (Å²) in [6.07, 6.45) is 2.44. The summed E-state index contributed by atoms with van der Waals surface area (Å²) in [5.41, 5.74) is 6.69. The number of nitrogen functional groups attached to an aromatic ring is 1. The van der Waals surface area contributed by atoms with Crippen LogP contribution in [0.15, 0.2) is 54.6 Å². The van der Waals surface area contributed by atoms with Gasteiger partial charge < -0.3 is 21.1 Å². The van der Waals surface area contributed by atoms with E-state index in [4.69, 9.17) is 21.1 Å². The van der Waals surface area contributed by atoms with E-state index < -0.39 is 11.9 Å². The molecular formula is C16H15NO5. The molecule has 0 fully saturated rings. The Hall–Kier alpha value is -3.28. The molecule has 6 heteroatoms. The van der Waals surface area contributed by atoms with Gasteiger partial charge in [0, 0.05) is 11.8 Å². The lowest BCUT2D eigenvalue weighted by Gasteiger charge is -1.93. The van der Waals surface area contributed by atoms with Crippen molar-refractivity contribution in [3.8, 4) is 5.75 Å². The van der Waals surface area contributed by atoms with Crippen LogP contribution in [0.1, 0.15) is 15.9 Å². The van der Waals surface area contributed by atoms with Crippen LogP contribution >= 0.6 is 0 Å². The molecule has 0 amide bonds. The molecule has 0 aliphatic carbocycles. The maximum atomic E-state index is 10.3. The van der Waals surface area contributed by atoms with Crippen LogP contribution in [0.5, 0.6) is 5.75 Å². The first-order chi connectivity index (χ1) is 10.4. The number of hydrogen-bond acceptors (Lipinski definition) is 4. The van der Waals surface area contributed by atoms with Crippen molar-refractivity contribution in [2.45, 2.75) is 0 Å². The van der Waals surface area contributed by atoms with Crippen molar-refractivity contribution in [2.75, 3.05) is 5.73 Å². The van der Waals surface area contributed by atoms with Crippen LogP contribution in [0, 0.1) is 0 Å². The molecular weight excluding hydrogens is 286 g/mol. The van der Waals surface area contributed by atoms with Gasteiger partial charge in [-0.25, -0.2) is 9.59 Å². The number of hydrogen-bond donors (Lipinski definition) is 4. The molecule has 2 rings (SSSR count). The topological polar surface area (TPSA) is 121 Å². The molecule has 0 saturated heterocycles. The van der Waals surface area contributed by atoms with Crippen LogP contribution in [0.3, 0.4) is 0 Å². The summed E-state index contributed by atoms with van der Waals surface area (Å²) in [6, 6.07) is 12.5. The van der Waals surface area contributed by atoms with Gasteiger partial charge in [-0.2, -0.15) is 0 Å². The summed E-state index contributed by atoms with van der Waals surface area (Å²) in [5, 5.41) is 25.7. The summed E-state index contributed by atoms with van der Waals surface area (Å²) < 4.78 is 0. The van der Waals surface area contributed by atoms with Gasteiger partial charge in [0.05, 0.1) is 5.56 Å². The molecule has 0 spiro atoms. The van der Waals surface area contributed by atoms with Gasteiger partial charge in [-0.1, -0.05) is 18.2 Å². The number of nitrogens with two attached hydrogens (primary N) is 1. The predicted octanol–water partition coefficient (Wildman–Crippen LogP) is 2.46. The second-order valence-corrected chi connectivity index (χ2v) is 4.20. The molecule has 0 saturated carbocycles. The van der Waals surface area contributed by atoms with Gasteiger partial charge in [0.1, 0.15) is 5.75 Å². The third-order valence-corrected chi connectivity index (χ3v) is 2.42. The average Bonchev–Trinajstić information content (AvgIpc) is 2.46. The van der Waals surface area contributed by atoms with E-state index in [0.29, 0.717) is 11.3 Å². The van der Waals surface area contributed by atoms with Gasteiger partial charge in [-0.15, -0.1) is 0 Å². The second kappa shape index (κ2) is 8.11. The predicted molar refractivity (Wildman–Crippen MR) is 82.6 cm³/mol. The highest BCUT2D eigenvalue weighted by atomic mass is 16.4. The summed E-state index contributed by atoms with van der Waals surface area (Å²) in [6.45, 7) is 0. The number of phenols is 1. The van der Waals surface area contributed by atoms with Gasteiger partial charge in [0.2, 0.25) is 0 Å². The number of benzene rings is 2. The van der Waals surface area contributed by atoms with E-state index >= 15 is 0 Å². The Balaban J connectivity index is 0.000000224. The molecule has 5 N–H and O–H groups in total. The minimum Gasteiger partial charge on any atom is -0.508 e. The van der Waals surface area contributed by atoms with E-state index in [1.807, 2.05) is 0 Å². The van der Waals surface area contributed by atoms with Crippen LogP contribution in [-0.4, -0.2) is 27.3 Å². The van der Waals surface area contributed by atoms with Gasteiger partial charge in [0.25, 0.3) is 0 Å². The molecule has 22 heavy (non-hydrogen) atoms. The smallest absolute Gasteiger partial charge is 0.335 e. The van der Waals surface area contributed by atoms with Crippen molar-refractivity contribution in [1.82, 2.24) is 0 Å². The summed E-state index contributed by atoms with van der Waals surface area (Å²) in [7, 11) is 0. The monoisotopic (exact) mass is 301 g/mol. The highest BCUT2D eigenvalue weighted by Crippen LogP contribution is 2.11. The van der Waals surface area contributed by atoms with E-state index in [0.717, 1.165) is 6.08 Å². The Morgan fingerprint density at radius 3 is 2.18 bits per heavy atom. The van der Waals surface area contributed by atoms with Crippen LogP contribution in [0.25, 0.3) is 6.08 Å². The van der Waals surface area contributed by atoms with E-state index in [9.17, 15) is 9.59 Å². The van der Waals surface area contributed by atoms with Crippen molar-refractivity contribution < 1.29 is 24.9 Å². The minimum absolute atomic E-state index is 0.127. The number of aromatic carboxylic acids is 1. The molecule has 0 unspecified atom stereocenters. The Morgan fingerprint density at radius 1 is 1.00 bits per heavy atom. The number of anilines is 1. The van der Waals surface area contributed by atoms with Crippen LogP contribution in [0.4, 0.5) is 5.69 Å². The van der Waals surface area contributed by atoms with Crippen molar-refractivity contribution in [2.24, 2.45) is 0 Å². The molecule has 0 radical (unpaired) electrons. The minimum atomic E-state index is -1.00. The molecule has 2 aromatic rings. The molecule has 0 aliphatic rings. The van der Waals surface area contributed by atoms with E-state index in [1.165, 1.54) is 30.3 Å². The van der Waals surface area contributed by atoms with E-state index in [2.05, 4.69) is 0 Å². The Labute approximate surface area is 126 Å². The number of carbonyl (C=O) groups is 2. The van der Waals surface area contributed by atoms with Crippen molar-refractivity contribution >= 4 is 23.7 Å². The standard InChI is InChI=1S/C9H8O3.C7H7NO2/c10-8-3-1-2-7(6-8)4-5-9(11)12;8-6-3-1-2-5(4-6)7(9)10/h1-6,10H,(H,11,12);1-4H,8H2,(H,9,10). The van der Waals surface area contributed by atoms with Crippen molar-refractivity contribution in [3.05, 3.63) is 65.7 Å². The second-order valence-electron chi connectivity index (χ2n) is 4.20. The third-order valence-electron chi connectivity index (χ3n) is 2.42. The van der Waals surface area contributed by atoms with Crippen molar-refractivity contribution in [1.29, 1.82) is 0 Å². The number of aliphatic carboxylic acids is 1. The molecule has 2 aromatic carbocycles. The Morgan fingerprint density at radius 2 is 1.68 bits per heavy atom. The van der Waals surface area contributed by atoms with Gasteiger partial charge in [0.15, 0.2) is 0 Å². The maximum Gasteiger partial charge on any atom is 0.335 e. The zero-order valence-electron chi connectivity index (χ0n) is 11.5. The molecule has 0 heterocycles. The lowest BCUT2D eigenvalue weighted by atomic mass is 10.2. The number of phenolic OH excluding ortho intramolecular Hbond substituents is 1. The summed E-state index contributed by atoms with van der Waals surface area (Å²) >= 11 is 0. The largest absolute Gasteiger partial charge is 0.508 e. The quantitative estimate of drug-likeness (QED) is 0.510. The number of rotatable bonds is 3. The van der Waals surface area contributed by atoms with Crippen LogP contribution in [0.2, 0.25) is 0 Å². The number of carboxylic acids is 2. The highest BCUT2D eigenvalue weighted by molar-refractivity contribution is 5.88. The van der Waals surface area contributed by atoms with E-state index in [-0.39, 0.29) is 11.3 Å². The van der Waals surface area contributed by atoms with Crippen LogP contribution < -0.4 is 5.73 Å². The van der Waals surface area contributed by atoms with E-state index in [1.54, 1.807) is 24.3 Å². The number of aromatic hydroxyl groups is 1. The van der Waals surface area contributed by atoms with Gasteiger partial charge in [-0.05, 0) is 42.0 Å². The zero-order chi connectivity index (χ0) is 16.5. The first-order valence-electron chi connectivity index (χ1n) is 6.17. The lowest BCUT2D eigenvalue weighted by molar-refractivity contribution is -0.131. The molecule has 0 atom stereocenters. The molecule has 6 nitrogen and oxygen atoms in total. The first-order valence-corrected chi connectivity index (χ1v) is 6.17. The summed E-state index contributed by atoms with van der Waals surface area (Å²) in [5.74, 6) is -1.83. The van der Waals surface area contributed by atoms with Gasteiger partial charge >= 0.3 is 11.9 Å². The average molecular weight is 301 g/mol. The fourth-order valence-corrected chi connectivity index (χ4v) is 1.47. The Bertz CT molecular complexity index is 694. The van der Waals surface area contributed by atoms with Crippen LogP contribution in [-0.2, 0) is 4.79 Å². The third kappa shape index (κ3) is 6.25. The molecule has 0 aromatic heterocycles. The summed E-state index contributed by atoms with van der Waals surface area (Å²) in [4.78, 5) is 20.4. The Kier molecular flexibility index (Phi) is 6.18. The fraction of sp³-hybridized carbons (Fsp3) is 0. The first kappa shape index (κ1) is 16.8. The van der Waals surface area contributed by atoms with Gasteiger partial charge in [-0.3, -0.25) is 0 Å². The molecule has 0 aliphatic heterocycles. The lowest BCUT2D eigenvalue weighted by Crippen LogP contribution is -1.96. The SMILES string of the molecule is Nc1cccc(C(=O)O)c1.O=C(O)C=Cc1cccc(O)c1. The molecule has 0 bridgehead atoms. The fourth-order valence-electron chi connectivity index (χ4n) is 1.47. The maximum absolute atomic E-state index is 10.3. The van der Waals surface area contributed by atoms with Crippen molar-refractivity contribution in [3.63, 3.8) is 0 Å². The zero-order valence-corrected chi connectivity index (χ0v) is 11.5. The highest BCUT2D eigenvalue weighted by Gasteiger charge is 1.99. The number of carboxylic acid groups (broad SMARTS) is 2.